The number of nitrogens with one attached hydrogen (secondary N) is 1. The predicted octanol–water partition coefficient (Wildman–Crippen LogP) is 7.77. The average molecular weight is 446 g/mol. The fraction of sp³-hybridized carbons (Fsp3) is 0.192. The molecular weight excluding hydrogens is 422 g/mol. The summed E-state index contributed by atoms with van der Waals surface area (Å²) < 4.78 is 0. The SMILES string of the molecule is Clc1ccc2c(NCCCCCN3c4ccccc4Sc4ccccc43)ccnc2c1. The van der Waals surface area contributed by atoms with Gasteiger partial charge in [0.05, 0.1) is 16.9 Å². The summed E-state index contributed by atoms with van der Waals surface area (Å²) in [6.45, 7) is 1.98. The van der Waals surface area contributed by atoms with Gasteiger partial charge in [-0.25, -0.2) is 0 Å². The molecule has 0 spiro atoms. The number of aromatic nitrogens is 1. The Morgan fingerprint density at radius 3 is 2.35 bits per heavy atom. The summed E-state index contributed by atoms with van der Waals surface area (Å²) in [6.07, 6.45) is 5.30. The van der Waals surface area contributed by atoms with E-state index in [1.165, 1.54) is 27.6 Å². The minimum absolute atomic E-state index is 0.719. The van der Waals surface area contributed by atoms with Gasteiger partial charge in [0.1, 0.15) is 0 Å². The first-order chi connectivity index (χ1) is 15.3. The Morgan fingerprint density at radius 2 is 1.58 bits per heavy atom. The second kappa shape index (κ2) is 9.21. The maximum Gasteiger partial charge on any atom is 0.0737 e. The molecule has 2 heterocycles. The lowest BCUT2D eigenvalue weighted by molar-refractivity contribution is 0.695. The molecule has 0 aliphatic carbocycles. The van der Waals surface area contributed by atoms with E-state index in [2.05, 4.69) is 63.7 Å². The van der Waals surface area contributed by atoms with Gasteiger partial charge in [0.15, 0.2) is 0 Å². The lowest BCUT2D eigenvalue weighted by Crippen LogP contribution is -2.22. The molecule has 1 N–H and O–H groups in total. The van der Waals surface area contributed by atoms with E-state index in [0.717, 1.165) is 47.5 Å². The van der Waals surface area contributed by atoms with Crippen LogP contribution in [-0.2, 0) is 0 Å². The van der Waals surface area contributed by atoms with Gasteiger partial charge in [-0.2, -0.15) is 0 Å². The van der Waals surface area contributed by atoms with Crippen LogP contribution in [0, 0.1) is 0 Å². The summed E-state index contributed by atoms with van der Waals surface area (Å²) in [5, 5.41) is 5.41. The van der Waals surface area contributed by atoms with Crippen LogP contribution in [0.4, 0.5) is 17.1 Å². The number of para-hydroxylation sites is 2. The normalized spacial score (nSPS) is 12.5. The number of anilines is 3. The third kappa shape index (κ3) is 4.36. The maximum absolute atomic E-state index is 6.09. The van der Waals surface area contributed by atoms with Crippen molar-refractivity contribution < 1.29 is 0 Å². The van der Waals surface area contributed by atoms with Crippen LogP contribution in [0.15, 0.2) is 88.8 Å². The van der Waals surface area contributed by atoms with E-state index in [0.29, 0.717) is 0 Å². The quantitative estimate of drug-likeness (QED) is 0.294. The van der Waals surface area contributed by atoms with Crippen molar-refractivity contribution in [2.24, 2.45) is 0 Å². The summed E-state index contributed by atoms with van der Waals surface area (Å²) >= 11 is 7.96. The van der Waals surface area contributed by atoms with Gasteiger partial charge in [-0.05, 0) is 67.8 Å². The standard InChI is InChI=1S/C26H24ClN3S/c27-19-12-13-20-21(14-16-29-22(20)18-19)28-15-6-1-7-17-30-23-8-2-4-10-25(23)31-26-11-5-3-9-24(26)30/h2-5,8-14,16,18H,1,6-7,15,17H2,(H,28,29). The van der Waals surface area contributed by atoms with E-state index >= 15 is 0 Å². The fourth-order valence-electron chi connectivity index (χ4n) is 4.09. The molecule has 5 rings (SSSR count). The molecule has 3 nitrogen and oxygen atoms in total. The minimum Gasteiger partial charge on any atom is -0.384 e. The molecule has 0 atom stereocenters. The molecular formula is C26H24ClN3S. The van der Waals surface area contributed by atoms with Gasteiger partial charge >= 0.3 is 0 Å². The Hall–Kier alpha value is -2.69. The van der Waals surface area contributed by atoms with Crippen molar-refractivity contribution in [2.45, 2.75) is 29.1 Å². The first-order valence-electron chi connectivity index (χ1n) is 10.7. The van der Waals surface area contributed by atoms with Crippen LogP contribution < -0.4 is 10.2 Å². The predicted molar refractivity (Wildman–Crippen MR) is 133 cm³/mol. The second-order valence-electron chi connectivity index (χ2n) is 7.70. The van der Waals surface area contributed by atoms with Crippen molar-refractivity contribution in [3.05, 3.63) is 84.0 Å². The molecule has 156 valence electrons. The largest absolute Gasteiger partial charge is 0.384 e. The molecule has 3 aromatic carbocycles. The van der Waals surface area contributed by atoms with Crippen LogP contribution in [0.1, 0.15) is 19.3 Å². The second-order valence-corrected chi connectivity index (χ2v) is 9.22. The summed E-state index contributed by atoms with van der Waals surface area (Å²) in [5.41, 5.74) is 4.70. The Morgan fingerprint density at radius 1 is 0.839 bits per heavy atom. The van der Waals surface area contributed by atoms with E-state index in [4.69, 9.17) is 11.6 Å². The highest BCUT2D eigenvalue weighted by Crippen LogP contribution is 2.47. The average Bonchev–Trinajstić information content (AvgIpc) is 2.80. The van der Waals surface area contributed by atoms with E-state index in [9.17, 15) is 0 Å². The molecule has 5 heteroatoms. The van der Waals surface area contributed by atoms with E-state index in [1.807, 2.05) is 42.2 Å². The Bertz CT molecular complexity index is 1160. The highest BCUT2D eigenvalue weighted by Gasteiger charge is 2.22. The topological polar surface area (TPSA) is 28.2 Å². The molecule has 0 fully saturated rings. The number of benzene rings is 3. The molecule has 0 saturated carbocycles. The number of hydrogen-bond donors (Lipinski definition) is 1. The monoisotopic (exact) mass is 445 g/mol. The minimum atomic E-state index is 0.719. The molecule has 0 unspecified atom stereocenters. The lowest BCUT2D eigenvalue weighted by atomic mass is 10.1. The number of unbranched alkanes of at least 4 members (excludes halogenated alkanes) is 2. The van der Waals surface area contributed by atoms with Gasteiger partial charge in [-0.15, -0.1) is 0 Å². The van der Waals surface area contributed by atoms with Crippen molar-refractivity contribution in [3.8, 4) is 0 Å². The van der Waals surface area contributed by atoms with Gasteiger partial charge in [0.2, 0.25) is 0 Å². The number of halogens is 1. The Balaban J connectivity index is 1.18. The Labute approximate surface area is 192 Å². The number of pyridine rings is 1. The van der Waals surface area contributed by atoms with Crippen LogP contribution >= 0.6 is 23.4 Å². The third-order valence-corrected chi connectivity index (χ3v) is 6.98. The summed E-state index contributed by atoms with van der Waals surface area (Å²) in [5.74, 6) is 0. The number of rotatable bonds is 7. The molecule has 1 aliphatic rings. The summed E-state index contributed by atoms with van der Waals surface area (Å²) in [4.78, 5) is 9.58. The van der Waals surface area contributed by atoms with Crippen molar-refractivity contribution in [1.29, 1.82) is 0 Å². The molecule has 31 heavy (non-hydrogen) atoms. The Kier molecular flexibility index (Phi) is 6.01. The zero-order valence-corrected chi connectivity index (χ0v) is 18.8. The first-order valence-corrected chi connectivity index (χ1v) is 11.9. The molecule has 0 saturated heterocycles. The smallest absolute Gasteiger partial charge is 0.0737 e. The molecule has 0 amide bonds. The third-order valence-electron chi connectivity index (χ3n) is 5.61. The van der Waals surface area contributed by atoms with Crippen molar-refractivity contribution in [3.63, 3.8) is 0 Å². The van der Waals surface area contributed by atoms with Crippen molar-refractivity contribution >= 4 is 51.3 Å². The summed E-state index contributed by atoms with van der Waals surface area (Å²) in [6, 6.07) is 25.3. The van der Waals surface area contributed by atoms with Crippen LogP contribution in [0.3, 0.4) is 0 Å². The molecule has 4 aromatic rings. The van der Waals surface area contributed by atoms with Crippen LogP contribution in [0.2, 0.25) is 5.02 Å². The number of hydrogen-bond acceptors (Lipinski definition) is 4. The summed E-state index contributed by atoms with van der Waals surface area (Å²) in [7, 11) is 0. The molecule has 1 aromatic heterocycles. The van der Waals surface area contributed by atoms with Crippen LogP contribution in [-0.4, -0.2) is 18.1 Å². The zero-order valence-electron chi connectivity index (χ0n) is 17.2. The highest BCUT2D eigenvalue weighted by molar-refractivity contribution is 7.99. The van der Waals surface area contributed by atoms with Crippen LogP contribution in [0.25, 0.3) is 10.9 Å². The maximum atomic E-state index is 6.09. The van der Waals surface area contributed by atoms with Gasteiger partial charge < -0.3 is 10.2 Å². The van der Waals surface area contributed by atoms with Crippen LogP contribution in [0.5, 0.6) is 0 Å². The zero-order chi connectivity index (χ0) is 21.0. The van der Waals surface area contributed by atoms with E-state index in [-0.39, 0.29) is 0 Å². The molecule has 0 radical (unpaired) electrons. The lowest BCUT2D eigenvalue weighted by Gasteiger charge is -2.32. The van der Waals surface area contributed by atoms with E-state index in [1.54, 1.807) is 0 Å². The fourth-order valence-corrected chi connectivity index (χ4v) is 5.35. The van der Waals surface area contributed by atoms with E-state index < -0.39 is 0 Å². The highest BCUT2D eigenvalue weighted by atomic mass is 35.5. The number of fused-ring (bicyclic) bond motifs is 3. The van der Waals surface area contributed by atoms with Gasteiger partial charge in [0.25, 0.3) is 0 Å². The van der Waals surface area contributed by atoms with Gasteiger partial charge in [-0.1, -0.05) is 47.6 Å². The molecule has 0 bridgehead atoms. The van der Waals surface area contributed by atoms with Gasteiger partial charge in [-0.3, -0.25) is 4.98 Å². The first kappa shape index (κ1) is 20.2. The number of nitrogens with zero attached hydrogens (tertiary/aromatic N) is 2. The molecule has 1 aliphatic heterocycles. The van der Waals surface area contributed by atoms with Crippen molar-refractivity contribution in [1.82, 2.24) is 4.98 Å². The van der Waals surface area contributed by atoms with Gasteiger partial charge in [0, 0.05) is 45.2 Å². The van der Waals surface area contributed by atoms with Crippen molar-refractivity contribution in [2.75, 3.05) is 23.3 Å².